The number of sulfonamides is 1. The maximum atomic E-state index is 13.5. The van der Waals surface area contributed by atoms with Gasteiger partial charge >= 0.3 is 0 Å². The average molecular weight is 548 g/mol. The van der Waals surface area contributed by atoms with Crippen molar-refractivity contribution in [2.75, 3.05) is 17.5 Å². The second-order valence-corrected chi connectivity index (χ2v) is 11.6. The van der Waals surface area contributed by atoms with Crippen molar-refractivity contribution in [3.63, 3.8) is 0 Å². The summed E-state index contributed by atoms with van der Waals surface area (Å²) in [5.74, 6) is 0.124. The Balaban J connectivity index is 1.77. The molecule has 1 aliphatic carbocycles. The average Bonchev–Trinajstić information content (AvgIpc) is 2.88. The molecular formula is C28H38ClN3O4S. The summed E-state index contributed by atoms with van der Waals surface area (Å²) in [7, 11) is -4.04. The third-order valence-electron chi connectivity index (χ3n) is 6.39. The van der Waals surface area contributed by atoms with Crippen LogP contribution in [-0.4, -0.2) is 33.2 Å². The van der Waals surface area contributed by atoms with Crippen molar-refractivity contribution in [3.8, 4) is 5.75 Å². The van der Waals surface area contributed by atoms with Gasteiger partial charge in [0.15, 0.2) is 0 Å². The molecule has 1 amide bonds. The zero-order chi connectivity index (χ0) is 26.5. The molecule has 7 nitrogen and oxygen atoms in total. The molecule has 0 aliphatic heterocycles. The summed E-state index contributed by atoms with van der Waals surface area (Å²) in [4.78, 5) is 13.0. The number of hydrogen-bond donors (Lipinski definition) is 1. The minimum Gasteiger partial charge on any atom is -0.494 e. The Morgan fingerprint density at radius 1 is 0.892 bits per heavy atom. The lowest BCUT2D eigenvalue weighted by Crippen LogP contribution is -2.39. The van der Waals surface area contributed by atoms with Crippen molar-refractivity contribution in [2.24, 2.45) is 5.10 Å². The highest BCUT2D eigenvalue weighted by atomic mass is 35.5. The number of carbonyl (C=O) groups excluding carboxylic acids is 1. The zero-order valence-corrected chi connectivity index (χ0v) is 23.2. The fourth-order valence-electron chi connectivity index (χ4n) is 4.36. The first-order valence-corrected chi connectivity index (χ1v) is 15.1. The summed E-state index contributed by atoms with van der Waals surface area (Å²) < 4.78 is 33.7. The number of nitrogens with one attached hydrogen (secondary N) is 1. The summed E-state index contributed by atoms with van der Waals surface area (Å²) in [6.45, 7) is 1.96. The first kappa shape index (κ1) is 29.0. The van der Waals surface area contributed by atoms with Crippen LogP contribution >= 0.6 is 11.6 Å². The molecule has 0 radical (unpaired) electrons. The Hall–Kier alpha value is -2.58. The number of halogens is 1. The van der Waals surface area contributed by atoms with Crippen molar-refractivity contribution in [1.29, 1.82) is 0 Å². The SMILES string of the molecule is CCOc1ccc(N(CC(=O)NN=C2CCCCCCCCCCC2)S(=O)(=O)c2ccc(Cl)cc2)cc1. The van der Waals surface area contributed by atoms with Crippen LogP contribution in [0.3, 0.4) is 0 Å². The normalized spacial score (nSPS) is 15.7. The Morgan fingerprint density at radius 3 is 1.97 bits per heavy atom. The van der Waals surface area contributed by atoms with E-state index >= 15 is 0 Å². The molecule has 0 atom stereocenters. The number of anilines is 1. The molecular weight excluding hydrogens is 510 g/mol. The monoisotopic (exact) mass is 547 g/mol. The molecule has 9 heteroatoms. The molecule has 0 bridgehead atoms. The van der Waals surface area contributed by atoms with Gasteiger partial charge in [-0.15, -0.1) is 0 Å². The van der Waals surface area contributed by atoms with Crippen LogP contribution in [0.15, 0.2) is 58.5 Å². The van der Waals surface area contributed by atoms with E-state index in [4.69, 9.17) is 16.3 Å². The minimum absolute atomic E-state index is 0.0456. The van der Waals surface area contributed by atoms with Gasteiger partial charge in [0.2, 0.25) is 0 Å². The quantitative estimate of drug-likeness (QED) is 0.372. The van der Waals surface area contributed by atoms with Crippen LogP contribution in [0.5, 0.6) is 5.75 Å². The van der Waals surface area contributed by atoms with E-state index in [1.165, 1.54) is 56.4 Å². The van der Waals surface area contributed by atoms with Gasteiger partial charge in [0.1, 0.15) is 12.3 Å². The van der Waals surface area contributed by atoms with Gasteiger partial charge in [-0.05, 0) is 81.1 Å². The van der Waals surface area contributed by atoms with Gasteiger partial charge in [-0.2, -0.15) is 5.10 Å². The van der Waals surface area contributed by atoms with Crippen molar-refractivity contribution in [2.45, 2.75) is 82.4 Å². The molecule has 3 rings (SSSR count). The Morgan fingerprint density at radius 2 is 1.43 bits per heavy atom. The van der Waals surface area contributed by atoms with Crippen LogP contribution < -0.4 is 14.5 Å². The van der Waals surface area contributed by atoms with E-state index < -0.39 is 22.5 Å². The van der Waals surface area contributed by atoms with Crippen molar-refractivity contribution in [1.82, 2.24) is 5.43 Å². The molecule has 0 heterocycles. The Bertz CT molecular complexity index is 1110. The van der Waals surface area contributed by atoms with Crippen LogP contribution in [-0.2, 0) is 14.8 Å². The van der Waals surface area contributed by atoms with Gasteiger partial charge in [0, 0.05) is 10.7 Å². The number of rotatable bonds is 8. The van der Waals surface area contributed by atoms with E-state index in [0.29, 0.717) is 23.1 Å². The Labute approximate surface area is 226 Å². The molecule has 0 saturated heterocycles. The number of carbonyl (C=O) groups is 1. The number of amides is 1. The van der Waals surface area contributed by atoms with Crippen molar-refractivity contribution < 1.29 is 17.9 Å². The predicted octanol–water partition coefficient (Wildman–Crippen LogP) is 6.71. The molecule has 202 valence electrons. The van der Waals surface area contributed by atoms with E-state index in [2.05, 4.69) is 10.5 Å². The highest BCUT2D eigenvalue weighted by molar-refractivity contribution is 7.92. The first-order valence-electron chi connectivity index (χ1n) is 13.3. The highest BCUT2D eigenvalue weighted by Crippen LogP contribution is 2.26. The van der Waals surface area contributed by atoms with Gasteiger partial charge in [-0.25, -0.2) is 13.8 Å². The molecule has 37 heavy (non-hydrogen) atoms. The van der Waals surface area contributed by atoms with Gasteiger partial charge in [-0.3, -0.25) is 9.10 Å². The van der Waals surface area contributed by atoms with E-state index in [1.807, 2.05) is 6.92 Å². The maximum Gasteiger partial charge on any atom is 0.264 e. The Kier molecular flexibility index (Phi) is 11.7. The molecule has 1 fully saturated rings. The first-order chi connectivity index (χ1) is 17.9. The second kappa shape index (κ2) is 15.0. The third kappa shape index (κ3) is 9.34. The summed E-state index contributed by atoms with van der Waals surface area (Å²) >= 11 is 5.96. The van der Waals surface area contributed by atoms with Gasteiger partial charge in [-0.1, -0.05) is 56.5 Å². The second-order valence-electron chi connectivity index (χ2n) is 9.29. The number of ether oxygens (including phenoxy) is 1. The molecule has 1 aliphatic rings. The van der Waals surface area contributed by atoms with E-state index in [9.17, 15) is 13.2 Å². The van der Waals surface area contributed by atoms with E-state index in [0.717, 1.165) is 48.5 Å². The smallest absolute Gasteiger partial charge is 0.264 e. The lowest BCUT2D eigenvalue weighted by Gasteiger charge is -2.24. The molecule has 1 saturated carbocycles. The molecule has 0 unspecified atom stereocenters. The lowest BCUT2D eigenvalue weighted by atomic mass is 10.00. The summed E-state index contributed by atoms with van der Waals surface area (Å²) in [6.07, 6.45) is 12.5. The van der Waals surface area contributed by atoms with Crippen molar-refractivity contribution in [3.05, 3.63) is 53.6 Å². The number of hydrogen-bond acceptors (Lipinski definition) is 5. The van der Waals surface area contributed by atoms with Crippen LogP contribution in [0.1, 0.15) is 77.6 Å². The van der Waals surface area contributed by atoms with Gasteiger partial charge < -0.3 is 4.74 Å². The summed E-state index contributed by atoms with van der Waals surface area (Å²) in [6, 6.07) is 12.5. The van der Waals surface area contributed by atoms with Crippen LogP contribution in [0, 0.1) is 0 Å². The minimum atomic E-state index is -4.04. The third-order valence-corrected chi connectivity index (χ3v) is 8.43. The molecule has 0 spiro atoms. The fourth-order valence-corrected chi connectivity index (χ4v) is 5.91. The molecule has 2 aromatic rings. The van der Waals surface area contributed by atoms with Crippen LogP contribution in [0.2, 0.25) is 5.02 Å². The van der Waals surface area contributed by atoms with Crippen molar-refractivity contribution >= 4 is 38.9 Å². The lowest BCUT2D eigenvalue weighted by molar-refractivity contribution is -0.119. The van der Waals surface area contributed by atoms with Crippen LogP contribution in [0.4, 0.5) is 5.69 Å². The molecule has 0 aromatic heterocycles. The molecule has 2 aromatic carbocycles. The van der Waals surface area contributed by atoms with Gasteiger partial charge in [0.25, 0.3) is 15.9 Å². The summed E-state index contributed by atoms with van der Waals surface area (Å²) in [5, 5.41) is 4.85. The topological polar surface area (TPSA) is 88.1 Å². The van der Waals surface area contributed by atoms with Crippen LogP contribution in [0.25, 0.3) is 0 Å². The van der Waals surface area contributed by atoms with Gasteiger partial charge in [0.05, 0.1) is 17.2 Å². The molecule has 1 N–H and O–H groups in total. The maximum absolute atomic E-state index is 13.5. The zero-order valence-electron chi connectivity index (χ0n) is 21.6. The highest BCUT2D eigenvalue weighted by Gasteiger charge is 2.27. The largest absolute Gasteiger partial charge is 0.494 e. The number of benzene rings is 2. The van der Waals surface area contributed by atoms with E-state index in [-0.39, 0.29) is 4.90 Å². The standard InChI is InChI=1S/C28H38ClN3O4S/c1-2-36-26-18-16-25(17-19-26)32(37(34,35)27-20-14-23(29)15-21-27)22-28(33)31-30-24-12-10-8-6-4-3-5-7-9-11-13-24/h14-21H,2-13,22H2,1H3,(H,31,33). The van der Waals surface area contributed by atoms with E-state index in [1.54, 1.807) is 24.3 Å². The fraction of sp³-hybridized carbons (Fsp3) is 0.500. The number of nitrogens with zero attached hydrogens (tertiary/aromatic N) is 2. The number of hydrazone groups is 1. The predicted molar refractivity (Wildman–Crippen MR) is 150 cm³/mol. The summed E-state index contributed by atoms with van der Waals surface area (Å²) in [5.41, 5.74) is 3.95.